The maximum Gasteiger partial charge on any atom is 0.202 e. The summed E-state index contributed by atoms with van der Waals surface area (Å²) in [6.45, 7) is 2.70. The van der Waals surface area contributed by atoms with Crippen molar-refractivity contribution < 1.29 is 23.8 Å². The van der Waals surface area contributed by atoms with Crippen LogP contribution < -0.4 is 16.9 Å². The minimum atomic E-state index is -0.351. The van der Waals surface area contributed by atoms with E-state index in [9.17, 15) is 9.59 Å². The molecule has 0 bridgehead atoms. The molecule has 1 aliphatic carbocycles. The maximum absolute atomic E-state index is 12.0. The third kappa shape index (κ3) is 7.48. The average Bonchev–Trinajstić information content (AvgIpc) is 2.58. The lowest BCUT2D eigenvalue weighted by Gasteiger charge is -2.17. The Balaban J connectivity index is 2.36. The van der Waals surface area contributed by atoms with Crippen LogP contribution in [0.3, 0.4) is 0 Å². The molecule has 1 aliphatic rings. The molecule has 0 saturated carbocycles. The van der Waals surface area contributed by atoms with Crippen LogP contribution in [0.2, 0.25) is 0 Å². The fraction of sp³-hybridized carbons (Fsp3) is 0.500. The van der Waals surface area contributed by atoms with Gasteiger partial charge in [-0.1, -0.05) is 0 Å². The number of likely N-dealkylation sites (N-methyl/N-ethyl adjacent to an activating group) is 1. The Bertz CT molecular complexity index is 557. The van der Waals surface area contributed by atoms with E-state index in [1.54, 1.807) is 14.2 Å². The molecule has 9 heteroatoms. The number of hydrogen-bond acceptors (Lipinski definition) is 9. The summed E-state index contributed by atoms with van der Waals surface area (Å²) in [6, 6.07) is 0. The summed E-state index contributed by atoms with van der Waals surface area (Å²) >= 11 is 0. The van der Waals surface area contributed by atoms with Crippen molar-refractivity contribution in [1.29, 1.82) is 0 Å². The standard InChI is InChI=1S/C16H26N4O5/c1-19-14-10-15(21)12(9-16(14)22)13(17)11-20(18)3-4-24-7-8-25-6-5-23-2/h9-11,19H,3-8,17-18H2,1-2H3/b13-11-. The lowest BCUT2D eigenvalue weighted by Crippen LogP contribution is -2.31. The number of carbonyl (C=O) groups is 2. The first-order valence-corrected chi connectivity index (χ1v) is 7.82. The van der Waals surface area contributed by atoms with Crippen molar-refractivity contribution in [3.8, 4) is 0 Å². The van der Waals surface area contributed by atoms with Gasteiger partial charge in [0, 0.05) is 32.5 Å². The van der Waals surface area contributed by atoms with Crippen LogP contribution in [0, 0.1) is 0 Å². The van der Waals surface area contributed by atoms with Crippen molar-refractivity contribution in [2.75, 3.05) is 53.7 Å². The zero-order valence-electron chi connectivity index (χ0n) is 14.6. The molecule has 9 nitrogen and oxygen atoms in total. The van der Waals surface area contributed by atoms with Crippen molar-refractivity contribution in [3.05, 3.63) is 35.3 Å². The Labute approximate surface area is 147 Å². The molecule has 1 rings (SSSR count). The molecular formula is C16H26N4O5. The van der Waals surface area contributed by atoms with Gasteiger partial charge >= 0.3 is 0 Å². The molecule has 0 heterocycles. The van der Waals surface area contributed by atoms with Crippen molar-refractivity contribution in [3.63, 3.8) is 0 Å². The Morgan fingerprint density at radius 2 is 1.76 bits per heavy atom. The first-order valence-electron chi connectivity index (χ1n) is 7.82. The molecule has 0 spiro atoms. The Hall–Kier alpha value is -2.20. The van der Waals surface area contributed by atoms with Crippen molar-refractivity contribution in [2.45, 2.75) is 0 Å². The molecule has 0 aromatic heterocycles. The highest BCUT2D eigenvalue weighted by Crippen LogP contribution is 2.14. The number of hydrazine groups is 1. The molecule has 0 unspecified atom stereocenters. The van der Waals surface area contributed by atoms with Gasteiger partial charge in [-0.25, -0.2) is 5.84 Å². The summed E-state index contributed by atoms with van der Waals surface area (Å²) in [5.41, 5.74) is 6.33. The molecule has 0 atom stereocenters. The molecule has 140 valence electrons. The monoisotopic (exact) mass is 354 g/mol. The molecule has 0 radical (unpaired) electrons. The van der Waals surface area contributed by atoms with Crippen LogP contribution >= 0.6 is 0 Å². The smallest absolute Gasteiger partial charge is 0.202 e. The molecule has 5 N–H and O–H groups in total. The summed E-state index contributed by atoms with van der Waals surface area (Å²) < 4.78 is 15.5. The van der Waals surface area contributed by atoms with E-state index in [4.69, 9.17) is 25.8 Å². The second-order valence-electron chi connectivity index (χ2n) is 5.13. The second-order valence-corrected chi connectivity index (χ2v) is 5.13. The van der Waals surface area contributed by atoms with Gasteiger partial charge in [-0.15, -0.1) is 0 Å². The lowest BCUT2D eigenvalue weighted by molar-refractivity contribution is -0.115. The number of nitrogens with one attached hydrogen (secondary N) is 1. The molecule has 0 aromatic rings. The number of nitrogens with zero attached hydrogens (tertiary/aromatic N) is 1. The van der Waals surface area contributed by atoms with E-state index in [-0.39, 0.29) is 28.5 Å². The number of methoxy groups -OCH3 is 1. The van der Waals surface area contributed by atoms with E-state index >= 15 is 0 Å². The van der Waals surface area contributed by atoms with Gasteiger partial charge < -0.3 is 30.3 Å². The summed E-state index contributed by atoms with van der Waals surface area (Å²) in [7, 11) is 3.18. The van der Waals surface area contributed by atoms with Gasteiger partial charge in [-0.3, -0.25) is 9.59 Å². The number of rotatable bonds is 12. The molecule has 0 fully saturated rings. The maximum atomic E-state index is 12.0. The van der Waals surface area contributed by atoms with Crippen molar-refractivity contribution in [1.82, 2.24) is 10.3 Å². The number of ketones is 2. The van der Waals surface area contributed by atoms with Crippen LogP contribution in [-0.2, 0) is 23.8 Å². The fourth-order valence-corrected chi connectivity index (χ4v) is 1.93. The quantitative estimate of drug-likeness (QED) is 0.172. The van der Waals surface area contributed by atoms with Crippen LogP contribution in [0.4, 0.5) is 0 Å². The van der Waals surface area contributed by atoms with Crippen LogP contribution in [-0.4, -0.2) is 70.3 Å². The molecule has 0 amide bonds. The lowest BCUT2D eigenvalue weighted by atomic mass is 9.99. The van der Waals surface area contributed by atoms with Gasteiger partial charge in [0.05, 0.1) is 56.5 Å². The van der Waals surface area contributed by atoms with Crippen LogP contribution in [0.5, 0.6) is 0 Å². The molecular weight excluding hydrogens is 328 g/mol. The number of hydrogen-bond donors (Lipinski definition) is 3. The van der Waals surface area contributed by atoms with Crippen LogP contribution in [0.25, 0.3) is 0 Å². The second kappa shape index (κ2) is 11.4. The van der Waals surface area contributed by atoms with Gasteiger partial charge in [0.25, 0.3) is 0 Å². The van der Waals surface area contributed by atoms with Gasteiger partial charge in [0.2, 0.25) is 5.78 Å². The van der Waals surface area contributed by atoms with Crippen molar-refractivity contribution in [2.24, 2.45) is 11.6 Å². The fourth-order valence-electron chi connectivity index (χ4n) is 1.93. The van der Waals surface area contributed by atoms with Gasteiger partial charge in [-0.2, -0.15) is 0 Å². The van der Waals surface area contributed by atoms with E-state index in [0.29, 0.717) is 39.6 Å². The number of nitrogens with two attached hydrogens (primary N) is 2. The third-order valence-corrected chi connectivity index (χ3v) is 3.26. The molecule has 25 heavy (non-hydrogen) atoms. The average molecular weight is 354 g/mol. The first-order chi connectivity index (χ1) is 12.0. The Morgan fingerprint density at radius 3 is 2.40 bits per heavy atom. The topological polar surface area (TPSA) is 129 Å². The highest BCUT2D eigenvalue weighted by atomic mass is 16.5. The Morgan fingerprint density at radius 1 is 1.12 bits per heavy atom. The van der Waals surface area contributed by atoms with E-state index < -0.39 is 0 Å². The molecule has 0 aliphatic heterocycles. The highest BCUT2D eigenvalue weighted by molar-refractivity contribution is 6.21. The predicted octanol–water partition coefficient (Wildman–Crippen LogP) is -1.18. The molecule has 0 saturated heterocycles. The zero-order chi connectivity index (χ0) is 18.7. The van der Waals surface area contributed by atoms with E-state index in [2.05, 4.69) is 5.32 Å². The number of carbonyl (C=O) groups excluding carboxylic acids is 2. The largest absolute Gasteiger partial charge is 0.397 e. The minimum absolute atomic E-state index is 0.118. The first kappa shape index (κ1) is 20.8. The Kier molecular flexibility index (Phi) is 9.48. The summed E-state index contributed by atoms with van der Waals surface area (Å²) in [5.74, 6) is 5.13. The van der Waals surface area contributed by atoms with E-state index in [1.807, 2.05) is 0 Å². The van der Waals surface area contributed by atoms with Gasteiger partial charge in [0.15, 0.2) is 5.78 Å². The molecule has 0 aromatic carbocycles. The van der Waals surface area contributed by atoms with Gasteiger partial charge in [0.1, 0.15) is 0 Å². The predicted molar refractivity (Wildman–Crippen MR) is 91.9 cm³/mol. The summed E-state index contributed by atoms with van der Waals surface area (Å²) in [4.78, 5) is 23.8. The van der Waals surface area contributed by atoms with Crippen molar-refractivity contribution >= 4 is 11.6 Å². The summed E-state index contributed by atoms with van der Waals surface area (Å²) in [5, 5.41) is 3.96. The summed E-state index contributed by atoms with van der Waals surface area (Å²) in [6.07, 6.45) is 3.81. The number of allylic oxidation sites excluding steroid dienone is 3. The van der Waals surface area contributed by atoms with Gasteiger partial charge in [-0.05, 0) is 0 Å². The zero-order valence-corrected chi connectivity index (χ0v) is 14.6. The van der Waals surface area contributed by atoms with E-state index in [1.165, 1.54) is 23.4 Å². The normalized spacial score (nSPS) is 15.1. The number of ether oxygens (including phenoxy) is 3. The van der Waals surface area contributed by atoms with E-state index in [0.717, 1.165) is 0 Å². The third-order valence-electron chi connectivity index (χ3n) is 3.26. The van der Waals surface area contributed by atoms with Crippen LogP contribution in [0.1, 0.15) is 0 Å². The SMILES string of the molecule is CNC1=CC(=O)C(/C(N)=C/N(N)CCOCCOCCOC)=CC1=O. The van der Waals surface area contributed by atoms with Crippen LogP contribution in [0.15, 0.2) is 35.3 Å². The minimum Gasteiger partial charge on any atom is -0.397 e. The highest BCUT2D eigenvalue weighted by Gasteiger charge is 2.21.